The van der Waals surface area contributed by atoms with Gasteiger partial charge in [-0.25, -0.2) is 4.79 Å². The smallest absolute Gasteiger partial charge is 0.328 e. The minimum Gasteiger partial charge on any atom is -0.467 e. The average molecular weight is 243 g/mol. The van der Waals surface area contributed by atoms with Crippen molar-refractivity contribution < 1.29 is 19.1 Å². The molecule has 0 saturated carbocycles. The van der Waals surface area contributed by atoms with Crippen molar-refractivity contribution in [2.24, 2.45) is 11.8 Å². The molecule has 1 N–H and O–H groups in total. The summed E-state index contributed by atoms with van der Waals surface area (Å²) in [6, 6.07) is -0.548. The molecule has 17 heavy (non-hydrogen) atoms. The number of esters is 1. The first kappa shape index (κ1) is 14.0. The Labute approximate surface area is 102 Å². The highest BCUT2D eigenvalue weighted by Crippen LogP contribution is 2.14. The van der Waals surface area contributed by atoms with Gasteiger partial charge in [-0.3, -0.25) is 4.79 Å². The van der Waals surface area contributed by atoms with Crippen molar-refractivity contribution >= 4 is 11.9 Å². The molecule has 0 unspecified atom stereocenters. The third kappa shape index (κ3) is 4.34. The molecule has 0 bridgehead atoms. The van der Waals surface area contributed by atoms with E-state index in [9.17, 15) is 9.59 Å². The number of ether oxygens (including phenoxy) is 2. The van der Waals surface area contributed by atoms with Crippen LogP contribution in [-0.4, -0.2) is 38.2 Å². The van der Waals surface area contributed by atoms with Crippen molar-refractivity contribution in [3.05, 3.63) is 0 Å². The molecule has 2 atom stereocenters. The lowest BCUT2D eigenvalue weighted by molar-refractivity contribution is -0.146. The molecule has 0 aromatic rings. The Morgan fingerprint density at radius 2 is 2.18 bits per heavy atom. The van der Waals surface area contributed by atoms with Crippen LogP contribution in [0, 0.1) is 11.8 Å². The number of methoxy groups -OCH3 is 1. The van der Waals surface area contributed by atoms with Gasteiger partial charge in [-0.05, 0) is 18.8 Å². The molecule has 98 valence electrons. The van der Waals surface area contributed by atoms with E-state index in [4.69, 9.17) is 9.47 Å². The second kappa shape index (κ2) is 6.59. The number of hydrogen-bond donors (Lipinski definition) is 1. The fraction of sp³-hybridized carbons (Fsp3) is 0.833. The van der Waals surface area contributed by atoms with Gasteiger partial charge in [0.1, 0.15) is 6.04 Å². The van der Waals surface area contributed by atoms with Crippen LogP contribution in [0.25, 0.3) is 0 Å². The fourth-order valence-electron chi connectivity index (χ4n) is 1.86. The molecule has 1 aliphatic heterocycles. The zero-order chi connectivity index (χ0) is 12.8. The Balaban J connectivity index is 2.52. The van der Waals surface area contributed by atoms with Crippen LogP contribution >= 0.6 is 0 Å². The summed E-state index contributed by atoms with van der Waals surface area (Å²) in [5.41, 5.74) is 0. The second-order valence-electron chi connectivity index (χ2n) is 4.77. The van der Waals surface area contributed by atoms with Crippen LogP contribution in [0.15, 0.2) is 0 Å². The zero-order valence-corrected chi connectivity index (χ0v) is 10.7. The van der Waals surface area contributed by atoms with Crippen LogP contribution in [0.5, 0.6) is 0 Å². The maximum Gasteiger partial charge on any atom is 0.328 e. The first-order chi connectivity index (χ1) is 8.04. The third-order valence-electron chi connectivity index (χ3n) is 2.81. The number of rotatable bonds is 5. The molecule has 0 aliphatic carbocycles. The summed E-state index contributed by atoms with van der Waals surface area (Å²) in [6.07, 6.45) is 1.31. The summed E-state index contributed by atoms with van der Waals surface area (Å²) in [4.78, 5) is 23.4. The van der Waals surface area contributed by atoms with Crippen molar-refractivity contribution in [3.63, 3.8) is 0 Å². The van der Waals surface area contributed by atoms with E-state index in [-0.39, 0.29) is 17.8 Å². The number of carbonyl (C=O) groups is 2. The molecule has 1 rings (SSSR count). The van der Waals surface area contributed by atoms with E-state index in [1.54, 1.807) is 0 Å². The van der Waals surface area contributed by atoms with Crippen LogP contribution in [0.1, 0.15) is 26.7 Å². The van der Waals surface area contributed by atoms with Gasteiger partial charge < -0.3 is 14.8 Å². The minimum atomic E-state index is -0.548. The van der Waals surface area contributed by atoms with Gasteiger partial charge in [0.2, 0.25) is 5.91 Å². The second-order valence-corrected chi connectivity index (χ2v) is 4.77. The molecular weight excluding hydrogens is 222 g/mol. The van der Waals surface area contributed by atoms with Gasteiger partial charge in [0, 0.05) is 6.61 Å². The van der Waals surface area contributed by atoms with Crippen molar-refractivity contribution in [1.29, 1.82) is 0 Å². The van der Waals surface area contributed by atoms with Gasteiger partial charge in [0.25, 0.3) is 0 Å². The summed E-state index contributed by atoms with van der Waals surface area (Å²) in [5.74, 6) is -0.307. The lowest BCUT2D eigenvalue weighted by atomic mass is 10.0. The van der Waals surface area contributed by atoms with Crippen LogP contribution in [-0.2, 0) is 19.1 Å². The quantitative estimate of drug-likeness (QED) is 0.723. The van der Waals surface area contributed by atoms with Crippen LogP contribution in [0.2, 0.25) is 0 Å². The Bertz CT molecular complexity index is 272. The molecule has 1 saturated heterocycles. The van der Waals surface area contributed by atoms with Gasteiger partial charge in [0.15, 0.2) is 0 Å². The van der Waals surface area contributed by atoms with Gasteiger partial charge in [-0.1, -0.05) is 13.8 Å². The van der Waals surface area contributed by atoms with Crippen LogP contribution < -0.4 is 5.32 Å². The Kier molecular flexibility index (Phi) is 5.41. The molecule has 1 aliphatic rings. The van der Waals surface area contributed by atoms with Gasteiger partial charge in [-0.2, -0.15) is 0 Å². The highest BCUT2D eigenvalue weighted by atomic mass is 16.5. The van der Waals surface area contributed by atoms with E-state index >= 15 is 0 Å². The maximum absolute atomic E-state index is 11.9. The molecular formula is C12H21NO4. The van der Waals surface area contributed by atoms with E-state index in [2.05, 4.69) is 5.32 Å². The molecule has 5 nitrogen and oxygen atoms in total. The third-order valence-corrected chi connectivity index (χ3v) is 2.81. The summed E-state index contributed by atoms with van der Waals surface area (Å²) in [7, 11) is 1.33. The molecule has 0 aromatic heterocycles. The number of hydrogen-bond acceptors (Lipinski definition) is 4. The van der Waals surface area contributed by atoms with Crippen molar-refractivity contribution in [1.82, 2.24) is 5.32 Å². The molecule has 5 heteroatoms. The average Bonchev–Trinajstić information content (AvgIpc) is 2.79. The summed E-state index contributed by atoms with van der Waals surface area (Å²) >= 11 is 0. The predicted octanol–water partition coefficient (Wildman–Crippen LogP) is 0.727. The van der Waals surface area contributed by atoms with E-state index in [0.717, 1.165) is 6.42 Å². The molecule has 0 aromatic carbocycles. The SMILES string of the molecule is COC(=O)[C@H](CC(C)C)NC(=O)[C@H]1CCOC1. The molecule has 1 heterocycles. The first-order valence-corrected chi connectivity index (χ1v) is 6.00. The Morgan fingerprint density at radius 1 is 1.47 bits per heavy atom. The normalized spacial score (nSPS) is 21.3. The standard InChI is InChI=1S/C12H21NO4/c1-8(2)6-10(12(15)16-3)13-11(14)9-4-5-17-7-9/h8-10H,4-7H2,1-3H3,(H,13,14)/t9-,10-/m0/s1. The lowest BCUT2D eigenvalue weighted by Gasteiger charge is -2.19. The van der Waals surface area contributed by atoms with E-state index in [0.29, 0.717) is 25.6 Å². The lowest BCUT2D eigenvalue weighted by Crippen LogP contribution is -2.45. The van der Waals surface area contributed by atoms with Crippen LogP contribution in [0.3, 0.4) is 0 Å². The van der Waals surface area contributed by atoms with Gasteiger partial charge >= 0.3 is 5.97 Å². The largest absolute Gasteiger partial charge is 0.467 e. The molecule has 1 amide bonds. The number of amides is 1. The molecule has 1 fully saturated rings. The van der Waals surface area contributed by atoms with E-state index in [1.807, 2.05) is 13.8 Å². The van der Waals surface area contributed by atoms with E-state index in [1.165, 1.54) is 7.11 Å². The van der Waals surface area contributed by atoms with Crippen molar-refractivity contribution in [2.45, 2.75) is 32.7 Å². The van der Waals surface area contributed by atoms with E-state index < -0.39 is 6.04 Å². The highest BCUT2D eigenvalue weighted by molar-refractivity contribution is 5.85. The van der Waals surface area contributed by atoms with Gasteiger partial charge in [0.05, 0.1) is 19.6 Å². The van der Waals surface area contributed by atoms with Crippen molar-refractivity contribution in [3.8, 4) is 0 Å². The summed E-state index contributed by atoms with van der Waals surface area (Å²) in [5, 5.41) is 2.75. The summed E-state index contributed by atoms with van der Waals surface area (Å²) < 4.78 is 9.84. The monoisotopic (exact) mass is 243 g/mol. The Hall–Kier alpha value is -1.10. The number of nitrogens with one attached hydrogen (secondary N) is 1. The highest BCUT2D eigenvalue weighted by Gasteiger charge is 2.28. The fourth-order valence-corrected chi connectivity index (χ4v) is 1.86. The first-order valence-electron chi connectivity index (χ1n) is 6.00. The minimum absolute atomic E-state index is 0.112. The van der Waals surface area contributed by atoms with Crippen molar-refractivity contribution in [2.75, 3.05) is 20.3 Å². The van der Waals surface area contributed by atoms with Crippen LogP contribution in [0.4, 0.5) is 0 Å². The summed E-state index contributed by atoms with van der Waals surface area (Å²) in [6.45, 7) is 5.06. The maximum atomic E-state index is 11.9. The number of carbonyl (C=O) groups excluding carboxylic acids is 2. The molecule has 0 spiro atoms. The Morgan fingerprint density at radius 3 is 2.65 bits per heavy atom. The zero-order valence-electron chi connectivity index (χ0n) is 10.7. The molecule has 0 radical (unpaired) electrons. The van der Waals surface area contributed by atoms with Gasteiger partial charge in [-0.15, -0.1) is 0 Å². The topological polar surface area (TPSA) is 64.6 Å². The predicted molar refractivity (Wildman–Crippen MR) is 62.3 cm³/mol.